The molecule has 0 saturated heterocycles. The van der Waals surface area contributed by atoms with Crippen LogP contribution in [0, 0.1) is 11.3 Å². The lowest BCUT2D eigenvalue weighted by Crippen LogP contribution is -2.07. The second-order valence-electron chi connectivity index (χ2n) is 1.42. The van der Waals surface area contributed by atoms with Crippen LogP contribution in [0.1, 0.15) is 0 Å². The lowest BCUT2D eigenvalue weighted by molar-refractivity contribution is -0.138. The minimum atomic E-state index is -0.861. The number of hydrogen-bond acceptors (Lipinski definition) is 3. The molecule has 0 rings (SSSR count). The summed E-state index contributed by atoms with van der Waals surface area (Å²) in [6.45, 7) is 2.00. The van der Waals surface area contributed by atoms with Crippen LogP contribution in [0.5, 0.6) is 0 Å². The molecule has 3 nitrogen and oxygen atoms in total. The zero-order chi connectivity index (χ0) is 9.98. The van der Waals surface area contributed by atoms with Gasteiger partial charge in [0.15, 0.2) is 0 Å². The molecule has 0 aliphatic heterocycles. The second kappa shape index (κ2) is 9.56. The molecule has 0 aromatic rings. The number of alkyl halides is 2. The summed E-state index contributed by atoms with van der Waals surface area (Å²) in [5.41, 5.74) is -0.312. The fourth-order valence-electron chi connectivity index (χ4n) is 0.264. The van der Waals surface area contributed by atoms with Crippen molar-refractivity contribution in [2.45, 2.75) is 0 Å². The predicted molar refractivity (Wildman–Crippen MR) is 38.7 cm³/mol. The molecule has 0 bridgehead atoms. The van der Waals surface area contributed by atoms with E-state index in [0.29, 0.717) is 7.18 Å². The standard InChI is InChI=1S/C6H6FNO2.CH3F/c1-5(4-8)6(9)10-3-2-7;1-2/h1-3H2;1H3. The highest BCUT2D eigenvalue weighted by molar-refractivity contribution is 5.91. The number of carbonyl (C=O) groups is 1. The van der Waals surface area contributed by atoms with Crippen molar-refractivity contribution < 1.29 is 18.3 Å². The molecular weight excluding hydrogens is 168 g/mol. The summed E-state index contributed by atoms with van der Waals surface area (Å²) in [6.07, 6.45) is 0. The number of nitriles is 1. The quantitative estimate of drug-likeness (QED) is 0.369. The third kappa shape index (κ3) is 6.68. The van der Waals surface area contributed by atoms with Gasteiger partial charge >= 0.3 is 5.97 Å². The zero-order valence-electron chi connectivity index (χ0n) is 6.64. The first-order chi connectivity index (χ1) is 5.72. The first-order valence-corrected chi connectivity index (χ1v) is 2.92. The molecule has 0 spiro atoms. The first kappa shape index (κ1) is 13.2. The number of carbonyl (C=O) groups excluding carboxylic acids is 1. The highest BCUT2D eigenvalue weighted by Gasteiger charge is 2.05. The largest absolute Gasteiger partial charge is 0.459 e. The monoisotopic (exact) mass is 177 g/mol. The van der Waals surface area contributed by atoms with Gasteiger partial charge in [-0.15, -0.1) is 0 Å². The van der Waals surface area contributed by atoms with Crippen LogP contribution in [0.25, 0.3) is 0 Å². The van der Waals surface area contributed by atoms with Crippen LogP contribution in [-0.2, 0) is 9.53 Å². The Balaban J connectivity index is 0. The summed E-state index contributed by atoms with van der Waals surface area (Å²) in [6, 6.07) is 1.48. The molecule has 0 aromatic heterocycles. The van der Waals surface area contributed by atoms with Crippen molar-refractivity contribution in [1.29, 1.82) is 5.26 Å². The number of nitrogens with zero attached hydrogens (tertiary/aromatic N) is 1. The van der Waals surface area contributed by atoms with Gasteiger partial charge in [-0.25, -0.2) is 9.18 Å². The van der Waals surface area contributed by atoms with E-state index >= 15 is 0 Å². The number of rotatable bonds is 3. The van der Waals surface area contributed by atoms with Gasteiger partial charge in [0.05, 0.1) is 7.18 Å². The van der Waals surface area contributed by atoms with E-state index in [-0.39, 0.29) is 12.2 Å². The van der Waals surface area contributed by atoms with E-state index in [2.05, 4.69) is 11.3 Å². The average molecular weight is 177 g/mol. The summed E-state index contributed by atoms with van der Waals surface area (Å²) in [5.74, 6) is -0.861. The van der Waals surface area contributed by atoms with Gasteiger partial charge in [0.1, 0.15) is 24.9 Å². The molecule has 0 N–H and O–H groups in total. The predicted octanol–water partition coefficient (Wildman–Crippen LogP) is 1.16. The van der Waals surface area contributed by atoms with Gasteiger partial charge in [-0.1, -0.05) is 6.58 Å². The van der Waals surface area contributed by atoms with Crippen LogP contribution in [0.4, 0.5) is 8.78 Å². The van der Waals surface area contributed by atoms with Gasteiger partial charge in [0.2, 0.25) is 0 Å². The Morgan fingerprint density at radius 2 is 2.17 bits per heavy atom. The Labute approximate surface area is 69.2 Å². The Kier molecular flexibility index (Phi) is 10.5. The first-order valence-electron chi connectivity index (χ1n) is 2.92. The van der Waals surface area contributed by atoms with Crippen LogP contribution in [0.15, 0.2) is 12.2 Å². The van der Waals surface area contributed by atoms with Crippen molar-refractivity contribution in [3.05, 3.63) is 12.2 Å². The van der Waals surface area contributed by atoms with Crippen LogP contribution in [-0.4, -0.2) is 26.4 Å². The molecule has 5 heteroatoms. The van der Waals surface area contributed by atoms with Crippen molar-refractivity contribution in [3.8, 4) is 6.07 Å². The van der Waals surface area contributed by atoms with Gasteiger partial charge in [-0.05, 0) is 0 Å². The molecule has 68 valence electrons. The van der Waals surface area contributed by atoms with Crippen LogP contribution >= 0.6 is 0 Å². The van der Waals surface area contributed by atoms with Crippen molar-refractivity contribution in [2.24, 2.45) is 0 Å². The van der Waals surface area contributed by atoms with E-state index in [1.165, 1.54) is 6.07 Å². The lowest BCUT2D eigenvalue weighted by Gasteiger charge is -1.96. The van der Waals surface area contributed by atoms with Gasteiger partial charge in [-0.3, -0.25) is 4.39 Å². The number of esters is 1. The van der Waals surface area contributed by atoms with E-state index in [4.69, 9.17) is 5.26 Å². The van der Waals surface area contributed by atoms with E-state index < -0.39 is 12.6 Å². The molecule has 0 unspecified atom stereocenters. The Morgan fingerprint density at radius 3 is 2.50 bits per heavy atom. The lowest BCUT2D eigenvalue weighted by atomic mass is 10.3. The molecular formula is C7H9F2NO2. The van der Waals surface area contributed by atoms with Crippen molar-refractivity contribution in [2.75, 3.05) is 20.5 Å². The molecule has 0 heterocycles. The topological polar surface area (TPSA) is 50.1 Å². The molecule has 0 radical (unpaired) electrons. The molecule has 0 aliphatic carbocycles. The van der Waals surface area contributed by atoms with Crippen LogP contribution in [0.2, 0.25) is 0 Å². The smallest absolute Gasteiger partial charge is 0.348 e. The van der Waals surface area contributed by atoms with Crippen LogP contribution < -0.4 is 0 Å². The summed E-state index contributed by atoms with van der Waals surface area (Å²) in [7, 11) is 0.500. The maximum atomic E-state index is 11.3. The Morgan fingerprint density at radius 1 is 1.67 bits per heavy atom. The fourth-order valence-corrected chi connectivity index (χ4v) is 0.264. The molecule has 0 amide bonds. The SMILES string of the molecule is C=C(C#N)C(=O)OCCF.CF. The van der Waals surface area contributed by atoms with E-state index in [1.807, 2.05) is 0 Å². The third-order valence-electron chi connectivity index (χ3n) is 0.692. The minimum Gasteiger partial charge on any atom is -0.459 e. The molecule has 0 fully saturated rings. The van der Waals surface area contributed by atoms with E-state index in [9.17, 15) is 13.6 Å². The fraction of sp³-hybridized carbons (Fsp3) is 0.429. The maximum Gasteiger partial charge on any atom is 0.348 e. The van der Waals surface area contributed by atoms with Crippen molar-refractivity contribution >= 4 is 5.97 Å². The zero-order valence-corrected chi connectivity index (χ0v) is 6.64. The molecule has 12 heavy (non-hydrogen) atoms. The molecule has 0 aromatic carbocycles. The van der Waals surface area contributed by atoms with Crippen LogP contribution in [0.3, 0.4) is 0 Å². The van der Waals surface area contributed by atoms with Gasteiger partial charge in [-0.2, -0.15) is 5.26 Å². The van der Waals surface area contributed by atoms with Gasteiger partial charge in [0, 0.05) is 0 Å². The molecule has 0 saturated carbocycles. The highest BCUT2D eigenvalue weighted by Crippen LogP contribution is 1.91. The molecule has 0 aliphatic rings. The number of hydrogen-bond donors (Lipinski definition) is 0. The van der Waals surface area contributed by atoms with E-state index in [0.717, 1.165) is 0 Å². The summed E-state index contributed by atoms with van der Waals surface area (Å²) >= 11 is 0. The van der Waals surface area contributed by atoms with Crippen molar-refractivity contribution in [3.63, 3.8) is 0 Å². The minimum absolute atomic E-state index is 0.312. The second-order valence-corrected chi connectivity index (χ2v) is 1.42. The Hall–Kier alpha value is -1.44. The summed E-state index contributed by atoms with van der Waals surface area (Å²) < 4.78 is 25.0. The molecule has 0 atom stereocenters. The highest BCUT2D eigenvalue weighted by atomic mass is 19.1. The van der Waals surface area contributed by atoms with Gasteiger partial charge < -0.3 is 4.74 Å². The summed E-state index contributed by atoms with van der Waals surface area (Å²) in [4.78, 5) is 10.4. The summed E-state index contributed by atoms with van der Waals surface area (Å²) in [5, 5.41) is 8.06. The third-order valence-corrected chi connectivity index (χ3v) is 0.692. The average Bonchev–Trinajstić information content (AvgIpc) is 2.16. The maximum absolute atomic E-state index is 11.3. The number of ether oxygens (including phenoxy) is 1. The van der Waals surface area contributed by atoms with Gasteiger partial charge in [0.25, 0.3) is 0 Å². The van der Waals surface area contributed by atoms with E-state index in [1.54, 1.807) is 0 Å². The normalized spacial score (nSPS) is 7.17. The number of halogens is 2. The van der Waals surface area contributed by atoms with Crippen molar-refractivity contribution in [1.82, 2.24) is 0 Å². The Bertz CT molecular complexity index is 186.